The van der Waals surface area contributed by atoms with Crippen molar-refractivity contribution in [3.8, 4) is 0 Å². The van der Waals surface area contributed by atoms with Gasteiger partial charge in [0, 0.05) is 19.0 Å². The third-order valence-electron chi connectivity index (χ3n) is 3.36. The molecule has 1 aliphatic rings. The Morgan fingerprint density at radius 1 is 1.56 bits per heavy atom. The van der Waals surface area contributed by atoms with Crippen molar-refractivity contribution in [2.45, 2.75) is 32.3 Å². The van der Waals surface area contributed by atoms with Crippen molar-refractivity contribution in [3.63, 3.8) is 0 Å². The van der Waals surface area contributed by atoms with E-state index in [1.54, 1.807) is 0 Å². The lowest BCUT2D eigenvalue weighted by Crippen LogP contribution is -2.38. The van der Waals surface area contributed by atoms with Gasteiger partial charge in [-0.15, -0.1) is 0 Å². The molecule has 2 N–H and O–H groups in total. The van der Waals surface area contributed by atoms with Crippen LogP contribution < -0.4 is 5.73 Å². The summed E-state index contributed by atoms with van der Waals surface area (Å²) in [7, 11) is 0. The van der Waals surface area contributed by atoms with Crippen molar-refractivity contribution in [1.82, 2.24) is 15.0 Å². The first-order valence-electron chi connectivity index (χ1n) is 6.62. The van der Waals surface area contributed by atoms with Crippen molar-refractivity contribution in [2.75, 3.05) is 32.8 Å². The Labute approximate surface area is 107 Å². The number of ether oxygens (including phenoxy) is 1. The van der Waals surface area contributed by atoms with Gasteiger partial charge in [-0.2, -0.15) is 4.98 Å². The molecule has 0 aliphatic carbocycles. The molecule has 2 unspecified atom stereocenters. The number of hydrogen-bond acceptors (Lipinski definition) is 6. The summed E-state index contributed by atoms with van der Waals surface area (Å²) < 4.78 is 11.0. The first-order valence-corrected chi connectivity index (χ1v) is 6.62. The molecule has 2 atom stereocenters. The number of likely N-dealkylation sites (N-methyl/N-ethyl adjacent to an activating group) is 1. The van der Waals surface area contributed by atoms with Gasteiger partial charge in [0.25, 0.3) is 0 Å². The molecule has 1 aromatic rings. The van der Waals surface area contributed by atoms with Crippen LogP contribution in [0.25, 0.3) is 0 Å². The minimum absolute atomic E-state index is 0.0683. The van der Waals surface area contributed by atoms with Crippen molar-refractivity contribution in [1.29, 1.82) is 0 Å². The molecule has 1 aromatic heterocycles. The lowest BCUT2D eigenvalue weighted by atomic mass is 10.1. The standard InChI is InChI=1S/C12H22N4O2/c1-3-16-6-7-17-10(8-16)11-14-12(18-15-11)9(2)4-5-13/h9-10H,3-8,13H2,1-2H3. The maximum atomic E-state index is 5.70. The van der Waals surface area contributed by atoms with E-state index in [0.29, 0.717) is 18.3 Å². The molecule has 0 bridgehead atoms. The van der Waals surface area contributed by atoms with Gasteiger partial charge in [0.15, 0.2) is 0 Å². The highest BCUT2D eigenvalue weighted by molar-refractivity contribution is 4.97. The molecule has 0 spiro atoms. The first kappa shape index (κ1) is 13.5. The Morgan fingerprint density at radius 2 is 2.39 bits per heavy atom. The highest BCUT2D eigenvalue weighted by Crippen LogP contribution is 2.22. The maximum Gasteiger partial charge on any atom is 0.229 e. The van der Waals surface area contributed by atoms with Gasteiger partial charge in [-0.1, -0.05) is 19.0 Å². The van der Waals surface area contributed by atoms with E-state index in [9.17, 15) is 0 Å². The average Bonchev–Trinajstić information content (AvgIpc) is 2.89. The molecule has 1 aliphatic heterocycles. The number of nitrogens with two attached hydrogens (primary N) is 1. The van der Waals surface area contributed by atoms with Gasteiger partial charge in [-0.25, -0.2) is 0 Å². The van der Waals surface area contributed by atoms with Gasteiger partial charge >= 0.3 is 0 Å². The van der Waals surface area contributed by atoms with Crippen LogP contribution in [0.15, 0.2) is 4.52 Å². The van der Waals surface area contributed by atoms with Gasteiger partial charge in [-0.3, -0.25) is 4.90 Å². The summed E-state index contributed by atoms with van der Waals surface area (Å²) >= 11 is 0. The van der Waals surface area contributed by atoms with Gasteiger partial charge in [0.1, 0.15) is 6.10 Å². The SMILES string of the molecule is CCN1CCOC(c2noc(C(C)CCN)n2)C1. The molecule has 0 radical (unpaired) electrons. The summed E-state index contributed by atoms with van der Waals surface area (Å²) in [5.74, 6) is 1.53. The molecule has 18 heavy (non-hydrogen) atoms. The Balaban J connectivity index is 2.00. The van der Waals surface area contributed by atoms with Gasteiger partial charge < -0.3 is 15.0 Å². The molecule has 102 valence electrons. The third-order valence-corrected chi connectivity index (χ3v) is 3.36. The van der Waals surface area contributed by atoms with Gasteiger partial charge in [-0.05, 0) is 19.5 Å². The Hall–Kier alpha value is -0.980. The zero-order valence-corrected chi connectivity index (χ0v) is 11.1. The van der Waals surface area contributed by atoms with E-state index < -0.39 is 0 Å². The summed E-state index contributed by atoms with van der Waals surface area (Å²) in [6.45, 7) is 8.37. The Kier molecular flexibility index (Phi) is 4.68. The molecule has 1 saturated heterocycles. The lowest BCUT2D eigenvalue weighted by Gasteiger charge is -2.30. The van der Waals surface area contributed by atoms with E-state index in [1.165, 1.54) is 0 Å². The largest absolute Gasteiger partial charge is 0.367 e. The summed E-state index contributed by atoms with van der Waals surface area (Å²) in [4.78, 5) is 6.76. The molecule has 2 rings (SSSR count). The number of aromatic nitrogens is 2. The van der Waals surface area contributed by atoms with Gasteiger partial charge in [0.05, 0.1) is 6.61 Å². The van der Waals surface area contributed by atoms with E-state index in [0.717, 1.165) is 32.7 Å². The second-order valence-corrected chi connectivity index (χ2v) is 4.72. The number of nitrogens with zero attached hydrogens (tertiary/aromatic N) is 3. The summed E-state index contributed by atoms with van der Waals surface area (Å²) in [5.41, 5.74) is 5.53. The molecule has 0 amide bonds. The van der Waals surface area contributed by atoms with Crippen LogP contribution in [0.2, 0.25) is 0 Å². The number of hydrogen-bond donors (Lipinski definition) is 1. The molecule has 6 nitrogen and oxygen atoms in total. The minimum Gasteiger partial charge on any atom is -0.367 e. The van der Waals surface area contributed by atoms with Crippen LogP contribution in [0, 0.1) is 0 Å². The molecule has 0 aromatic carbocycles. The summed E-state index contributed by atoms with van der Waals surface area (Å²) in [5, 5.41) is 4.03. The van der Waals surface area contributed by atoms with Crippen molar-refractivity contribution in [3.05, 3.63) is 11.7 Å². The fourth-order valence-electron chi connectivity index (χ4n) is 2.10. The van der Waals surface area contributed by atoms with Crippen LogP contribution in [-0.2, 0) is 4.74 Å². The minimum atomic E-state index is -0.0683. The van der Waals surface area contributed by atoms with E-state index >= 15 is 0 Å². The van der Waals surface area contributed by atoms with Crippen molar-refractivity contribution < 1.29 is 9.26 Å². The van der Waals surface area contributed by atoms with Crippen LogP contribution in [0.5, 0.6) is 0 Å². The van der Waals surface area contributed by atoms with E-state index in [-0.39, 0.29) is 12.0 Å². The molecule has 1 fully saturated rings. The highest BCUT2D eigenvalue weighted by atomic mass is 16.5. The third kappa shape index (κ3) is 3.07. The Bertz CT molecular complexity index is 369. The van der Waals surface area contributed by atoms with Crippen LogP contribution >= 0.6 is 0 Å². The zero-order chi connectivity index (χ0) is 13.0. The molecular formula is C12H22N4O2. The first-order chi connectivity index (χ1) is 8.74. The quantitative estimate of drug-likeness (QED) is 0.841. The molecule has 0 saturated carbocycles. The van der Waals surface area contributed by atoms with Crippen LogP contribution in [-0.4, -0.2) is 47.8 Å². The number of morpholine rings is 1. The topological polar surface area (TPSA) is 77.4 Å². The van der Waals surface area contributed by atoms with E-state index in [2.05, 4.69) is 22.0 Å². The number of rotatable bonds is 5. The van der Waals surface area contributed by atoms with E-state index in [1.807, 2.05) is 6.92 Å². The summed E-state index contributed by atoms with van der Waals surface area (Å²) in [6.07, 6.45) is 0.787. The molecule has 6 heteroatoms. The lowest BCUT2D eigenvalue weighted by molar-refractivity contribution is -0.0334. The van der Waals surface area contributed by atoms with Gasteiger partial charge in [0.2, 0.25) is 11.7 Å². The van der Waals surface area contributed by atoms with Crippen LogP contribution in [0.4, 0.5) is 0 Å². The van der Waals surface area contributed by atoms with Crippen LogP contribution in [0.1, 0.15) is 44.0 Å². The summed E-state index contributed by atoms with van der Waals surface area (Å²) in [6, 6.07) is 0. The Morgan fingerprint density at radius 3 is 3.11 bits per heavy atom. The monoisotopic (exact) mass is 254 g/mol. The normalized spacial score (nSPS) is 23.2. The molecular weight excluding hydrogens is 232 g/mol. The average molecular weight is 254 g/mol. The van der Waals surface area contributed by atoms with E-state index in [4.69, 9.17) is 15.0 Å². The van der Waals surface area contributed by atoms with Crippen molar-refractivity contribution in [2.24, 2.45) is 5.73 Å². The molecule has 2 heterocycles. The van der Waals surface area contributed by atoms with Crippen LogP contribution in [0.3, 0.4) is 0 Å². The second kappa shape index (κ2) is 6.26. The second-order valence-electron chi connectivity index (χ2n) is 4.72. The van der Waals surface area contributed by atoms with Crippen molar-refractivity contribution >= 4 is 0 Å². The fourth-order valence-corrected chi connectivity index (χ4v) is 2.10. The maximum absolute atomic E-state index is 5.70. The smallest absolute Gasteiger partial charge is 0.229 e. The predicted molar refractivity (Wildman–Crippen MR) is 67.2 cm³/mol. The zero-order valence-electron chi connectivity index (χ0n) is 11.1. The predicted octanol–water partition coefficient (Wildman–Crippen LogP) is 0.915. The highest BCUT2D eigenvalue weighted by Gasteiger charge is 2.26. The fraction of sp³-hybridized carbons (Fsp3) is 0.833.